The highest BCUT2D eigenvalue weighted by Crippen LogP contribution is 2.34. The average Bonchev–Trinajstić information content (AvgIpc) is 2.57. The fourth-order valence-corrected chi connectivity index (χ4v) is 3.46. The molecule has 0 saturated carbocycles. The molecule has 1 aliphatic heterocycles. The van der Waals surface area contributed by atoms with E-state index in [0.717, 1.165) is 12.5 Å². The van der Waals surface area contributed by atoms with E-state index >= 15 is 0 Å². The molecule has 106 valence electrons. The van der Waals surface area contributed by atoms with E-state index in [-0.39, 0.29) is 0 Å². The zero-order valence-electron chi connectivity index (χ0n) is 12.5. The molecule has 1 atom stereocenters. The third-order valence-corrected chi connectivity index (χ3v) is 5.17. The molecular weight excluding hydrogens is 298 g/mol. The quantitative estimate of drug-likeness (QED) is 0.732. The molecule has 0 radical (unpaired) electrons. The van der Waals surface area contributed by atoms with Crippen LogP contribution in [0.5, 0.6) is 0 Å². The molecule has 1 heterocycles. The summed E-state index contributed by atoms with van der Waals surface area (Å²) in [6.45, 7) is 10.7. The van der Waals surface area contributed by atoms with Gasteiger partial charge in [0, 0.05) is 11.0 Å². The Balaban J connectivity index is 1.95. The molecule has 1 nitrogen and oxygen atoms in total. The first-order valence-electron chi connectivity index (χ1n) is 7.42. The Kier molecular flexibility index (Phi) is 5.08. The molecule has 1 aromatic rings. The van der Waals surface area contributed by atoms with Crippen LogP contribution in [0.3, 0.4) is 0 Å². The van der Waals surface area contributed by atoms with Crippen molar-refractivity contribution in [3.63, 3.8) is 0 Å². The van der Waals surface area contributed by atoms with Crippen LogP contribution in [0.4, 0.5) is 0 Å². The van der Waals surface area contributed by atoms with E-state index in [1.54, 1.807) is 0 Å². The summed E-state index contributed by atoms with van der Waals surface area (Å²) in [6.07, 6.45) is 4.07. The smallest absolute Gasteiger partial charge is 0.0244 e. The topological polar surface area (TPSA) is 3.24 Å². The van der Waals surface area contributed by atoms with Crippen molar-refractivity contribution >= 4 is 15.9 Å². The molecule has 2 rings (SSSR count). The highest BCUT2D eigenvalue weighted by atomic mass is 79.9. The molecule has 19 heavy (non-hydrogen) atoms. The van der Waals surface area contributed by atoms with Gasteiger partial charge in [-0.3, -0.25) is 4.90 Å². The van der Waals surface area contributed by atoms with Crippen LogP contribution in [-0.2, 0) is 6.54 Å². The summed E-state index contributed by atoms with van der Waals surface area (Å²) in [5.74, 6) is 0.872. The first kappa shape index (κ1) is 15.1. The Morgan fingerprint density at radius 3 is 2.58 bits per heavy atom. The van der Waals surface area contributed by atoms with Gasteiger partial charge in [0.2, 0.25) is 0 Å². The van der Waals surface area contributed by atoms with Gasteiger partial charge in [0.25, 0.3) is 0 Å². The van der Waals surface area contributed by atoms with E-state index in [1.807, 2.05) is 0 Å². The second-order valence-corrected chi connectivity index (χ2v) is 7.72. The van der Waals surface area contributed by atoms with Crippen molar-refractivity contribution in [2.75, 3.05) is 13.1 Å². The van der Waals surface area contributed by atoms with Crippen LogP contribution in [-0.4, -0.2) is 18.0 Å². The number of nitrogens with zero attached hydrogens (tertiary/aromatic N) is 1. The lowest BCUT2D eigenvalue weighted by Gasteiger charge is -2.29. The minimum Gasteiger partial charge on any atom is -0.299 e. The van der Waals surface area contributed by atoms with Gasteiger partial charge in [-0.05, 0) is 55.3 Å². The van der Waals surface area contributed by atoms with Crippen LogP contribution in [0.25, 0.3) is 0 Å². The summed E-state index contributed by atoms with van der Waals surface area (Å²) in [4.78, 5) is 2.62. The van der Waals surface area contributed by atoms with Gasteiger partial charge in [-0.2, -0.15) is 0 Å². The summed E-state index contributed by atoms with van der Waals surface area (Å²) in [5.41, 5.74) is 1.88. The summed E-state index contributed by atoms with van der Waals surface area (Å²) >= 11 is 3.66. The number of hydrogen-bond donors (Lipinski definition) is 0. The molecule has 1 saturated heterocycles. The van der Waals surface area contributed by atoms with Crippen molar-refractivity contribution in [2.45, 2.75) is 46.6 Å². The Labute approximate surface area is 126 Å². The standard InChI is InChI=1S/C17H26BrN/c1-17(2,3)15-8-6-11-19(12-10-15)13-14-7-4-5-9-16(14)18/h4-5,7,9,15H,6,8,10-13H2,1-3H3. The molecule has 0 spiro atoms. The van der Waals surface area contributed by atoms with Gasteiger partial charge in [-0.1, -0.05) is 54.9 Å². The number of likely N-dealkylation sites (tertiary alicyclic amines) is 1. The zero-order chi connectivity index (χ0) is 13.9. The third kappa shape index (κ3) is 4.32. The normalized spacial score (nSPS) is 22.2. The van der Waals surface area contributed by atoms with Gasteiger partial charge < -0.3 is 0 Å². The van der Waals surface area contributed by atoms with E-state index in [1.165, 1.54) is 42.4 Å². The molecule has 0 aromatic heterocycles. The fraction of sp³-hybridized carbons (Fsp3) is 0.647. The van der Waals surface area contributed by atoms with E-state index in [9.17, 15) is 0 Å². The minimum atomic E-state index is 0.462. The van der Waals surface area contributed by atoms with Gasteiger partial charge in [0.05, 0.1) is 0 Å². The Bertz CT molecular complexity index is 408. The lowest BCUT2D eigenvalue weighted by Crippen LogP contribution is -2.26. The summed E-state index contributed by atoms with van der Waals surface area (Å²) in [7, 11) is 0. The van der Waals surface area contributed by atoms with Gasteiger partial charge >= 0.3 is 0 Å². The van der Waals surface area contributed by atoms with Crippen molar-refractivity contribution in [3.05, 3.63) is 34.3 Å². The van der Waals surface area contributed by atoms with Crippen LogP contribution < -0.4 is 0 Å². The predicted octanol–water partition coefficient (Wildman–Crippen LogP) is 5.10. The maximum Gasteiger partial charge on any atom is 0.0244 e. The first-order chi connectivity index (χ1) is 8.97. The van der Waals surface area contributed by atoms with Crippen molar-refractivity contribution in [3.8, 4) is 0 Å². The van der Waals surface area contributed by atoms with Crippen LogP contribution in [0, 0.1) is 11.3 Å². The lowest BCUT2D eigenvalue weighted by atomic mass is 9.77. The lowest BCUT2D eigenvalue weighted by molar-refractivity contribution is 0.206. The molecule has 0 amide bonds. The maximum atomic E-state index is 3.66. The molecule has 0 bridgehead atoms. The second-order valence-electron chi connectivity index (χ2n) is 6.86. The van der Waals surface area contributed by atoms with Crippen LogP contribution in [0.1, 0.15) is 45.6 Å². The molecular formula is C17H26BrN. The van der Waals surface area contributed by atoms with E-state index in [4.69, 9.17) is 0 Å². The third-order valence-electron chi connectivity index (χ3n) is 4.40. The summed E-state index contributed by atoms with van der Waals surface area (Å²) in [6, 6.07) is 8.60. The highest BCUT2D eigenvalue weighted by molar-refractivity contribution is 9.10. The molecule has 0 aliphatic carbocycles. The molecule has 0 N–H and O–H groups in total. The largest absolute Gasteiger partial charge is 0.299 e. The predicted molar refractivity (Wildman–Crippen MR) is 86.2 cm³/mol. The van der Waals surface area contributed by atoms with Gasteiger partial charge in [0.15, 0.2) is 0 Å². The average molecular weight is 324 g/mol. The molecule has 2 heteroatoms. The van der Waals surface area contributed by atoms with Crippen molar-refractivity contribution in [2.24, 2.45) is 11.3 Å². The number of hydrogen-bond acceptors (Lipinski definition) is 1. The Hall–Kier alpha value is -0.340. The summed E-state index contributed by atoms with van der Waals surface area (Å²) in [5, 5.41) is 0. The fourth-order valence-electron chi connectivity index (χ4n) is 3.05. The van der Waals surface area contributed by atoms with Gasteiger partial charge in [-0.15, -0.1) is 0 Å². The maximum absolute atomic E-state index is 3.66. The monoisotopic (exact) mass is 323 g/mol. The number of halogens is 1. The van der Waals surface area contributed by atoms with Crippen LogP contribution in [0.2, 0.25) is 0 Å². The molecule has 1 fully saturated rings. The highest BCUT2D eigenvalue weighted by Gasteiger charge is 2.27. The van der Waals surface area contributed by atoms with E-state index < -0.39 is 0 Å². The summed E-state index contributed by atoms with van der Waals surface area (Å²) < 4.78 is 1.24. The SMILES string of the molecule is CC(C)(C)C1CCCN(Cc2ccccc2Br)CC1. The number of rotatable bonds is 2. The molecule has 1 aromatic carbocycles. The number of benzene rings is 1. The van der Waals surface area contributed by atoms with Gasteiger partial charge in [0.1, 0.15) is 0 Å². The second kappa shape index (κ2) is 6.41. The van der Waals surface area contributed by atoms with Crippen molar-refractivity contribution < 1.29 is 0 Å². The Morgan fingerprint density at radius 1 is 1.16 bits per heavy atom. The Morgan fingerprint density at radius 2 is 1.89 bits per heavy atom. The van der Waals surface area contributed by atoms with Crippen molar-refractivity contribution in [1.82, 2.24) is 4.90 Å². The van der Waals surface area contributed by atoms with Crippen LogP contribution in [0.15, 0.2) is 28.7 Å². The van der Waals surface area contributed by atoms with Crippen molar-refractivity contribution in [1.29, 1.82) is 0 Å². The van der Waals surface area contributed by atoms with Crippen LogP contribution >= 0.6 is 15.9 Å². The molecule has 1 aliphatic rings. The minimum absolute atomic E-state index is 0.462. The van der Waals surface area contributed by atoms with E-state index in [0.29, 0.717) is 5.41 Å². The molecule has 1 unspecified atom stereocenters. The van der Waals surface area contributed by atoms with Gasteiger partial charge in [-0.25, -0.2) is 0 Å². The first-order valence-corrected chi connectivity index (χ1v) is 8.22. The zero-order valence-corrected chi connectivity index (χ0v) is 14.0. The van der Waals surface area contributed by atoms with E-state index in [2.05, 4.69) is 65.9 Å².